The summed E-state index contributed by atoms with van der Waals surface area (Å²) in [6, 6.07) is 52.3. The van der Waals surface area contributed by atoms with Gasteiger partial charge in [-0.3, -0.25) is 29.8 Å². The van der Waals surface area contributed by atoms with Crippen LogP contribution in [0.3, 0.4) is 0 Å². The van der Waals surface area contributed by atoms with E-state index in [2.05, 4.69) is 0 Å². The van der Waals surface area contributed by atoms with Crippen LogP contribution in [0.15, 0.2) is 176 Å². The molecule has 0 saturated carbocycles. The summed E-state index contributed by atoms with van der Waals surface area (Å²) >= 11 is 0. The molecule has 2 fully saturated rings. The van der Waals surface area contributed by atoms with Crippen LogP contribution >= 0.6 is 0 Å². The molecule has 0 spiro atoms. The molecule has 360 valence electrons. The molecule has 0 radical (unpaired) electrons. The average molecular weight is 949 g/mol. The van der Waals surface area contributed by atoms with Gasteiger partial charge in [0, 0.05) is 24.3 Å². The van der Waals surface area contributed by atoms with E-state index < -0.39 is 46.4 Å². The number of imide groups is 2. The van der Waals surface area contributed by atoms with Crippen molar-refractivity contribution in [3.8, 4) is 11.5 Å². The first-order valence-electron chi connectivity index (χ1n) is 22.4. The summed E-state index contributed by atoms with van der Waals surface area (Å²) in [6.07, 6.45) is 2.05. The fraction of sp³-hybridized carbons (Fsp3) is 0.222. The highest BCUT2D eigenvalue weighted by Gasteiger charge is 2.39. The largest absolute Gasteiger partial charge is 0.489 e. The summed E-state index contributed by atoms with van der Waals surface area (Å²) in [5.41, 5.74) is 5.59. The van der Waals surface area contributed by atoms with Crippen molar-refractivity contribution in [3.63, 3.8) is 0 Å². The number of ether oxygens (including phenoxy) is 4. The number of carbonyl (C=O) groups excluding carboxylic acids is 4. The Morgan fingerprint density at radius 2 is 1.03 bits per heavy atom. The second-order valence-corrected chi connectivity index (χ2v) is 16.2. The summed E-state index contributed by atoms with van der Waals surface area (Å²) in [5, 5.41) is 21.5. The first kappa shape index (κ1) is 50.7. The zero-order valence-corrected chi connectivity index (χ0v) is 38.4. The van der Waals surface area contributed by atoms with E-state index in [0.29, 0.717) is 37.4 Å². The second kappa shape index (κ2) is 26.0. The van der Waals surface area contributed by atoms with Crippen LogP contribution in [0.4, 0.5) is 9.59 Å². The number of hydrogen-bond acceptors (Lipinski definition) is 12. The highest BCUT2D eigenvalue weighted by molar-refractivity contribution is 5.94. The van der Waals surface area contributed by atoms with Crippen LogP contribution in [0, 0.1) is 20.2 Å². The number of carbonyl (C=O) groups is 4. The molecule has 2 aliphatic heterocycles. The van der Waals surface area contributed by atoms with Crippen LogP contribution < -0.4 is 9.47 Å². The smallest absolute Gasteiger partial charge is 0.416 e. The normalized spacial score (nSPS) is 15.3. The maximum absolute atomic E-state index is 13.1. The molecule has 4 amide bonds. The van der Waals surface area contributed by atoms with Crippen molar-refractivity contribution in [1.29, 1.82) is 0 Å². The molecule has 0 aliphatic carbocycles. The Balaban J connectivity index is 0.000000192. The van der Waals surface area contributed by atoms with Gasteiger partial charge in [-0.25, -0.2) is 19.4 Å². The monoisotopic (exact) mass is 948 g/mol. The van der Waals surface area contributed by atoms with Crippen molar-refractivity contribution >= 4 is 30.1 Å². The number of benzene rings is 6. The van der Waals surface area contributed by atoms with Crippen LogP contribution in [0.2, 0.25) is 0 Å². The van der Waals surface area contributed by atoms with Crippen LogP contribution in [-0.2, 0) is 45.1 Å². The molecule has 6 aromatic carbocycles. The lowest BCUT2D eigenvalue weighted by atomic mass is 9.94. The van der Waals surface area contributed by atoms with E-state index in [1.165, 1.54) is 17.9 Å². The lowest BCUT2D eigenvalue weighted by Crippen LogP contribution is -2.41. The number of nitro groups is 2. The molecule has 0 N–H and O–H groups in total. The summed E-state index contributed by atoms with van der Waals surface area (Å²) in [7, 11) is 0. The fourth-order valence-corrected chi connectivity index (χ4v) is 7.60. The van der Waals surface area contributed by atoms with Gasteiger partial charge in [-0.15, -0.1) is 0 Å². The van der Waals surface area contributed by atoms with Gasteiger partial charge in [0.05, 0.1) is 22.9 Å². The SMILES string of the molecule is CC(=O)N1C(=O)OC[C@@H]1Cc1ccccc1.O=C(C[C@H](C[N+](=O)[O-])c1ccc(OCc2ccccc2)cc1)N1C(=O)OC[C@@H]1Cc1ccccc1.O=[N+]([O-])/C=C/c1ccc(OCc2ccccc2)cc1. The Hall–Kier alpha value is -8.66. The molecular weight excluding hydrogens is 897 g/mol. The van der Waals surface area contributed by atoms with Crippen molar-refractivity contribution in [3.05, 3.63) is 230 Å². The number of hydrogen-bond donors (Lipinski definition) is 0. The maximum atomic E-state index is 13.1. The Kier molecular flexibility index (Phi) is 18.9. The molecule has 0 unspecified atom stereocenters. The molecule has 2 saturated heterocycles. The van der Waals surface area contributed by atoms with Gasteiger partial charge in [-0.05, 0) is 70.5 Å². The second-order valence-electron chi connectivity index (χ2n) is 16.2. The number of rotatable bonds is 17. The van der Waals surface area contributed by atoms with Crippen molar-refractivity contribution in [2.24, 2.45) is 0 Å². The first-order valence-corrected chi connectivity index (χ1v) is 22.4. The van der Waals surface area contributed by atoms with Gasteiger partial charge in [-0.2, -0.15) is 0 Å². The van der Waals surface area contributed by atoms with Crippen molar-refractivity contribution < 1.29 is 48.0 Å². The standard InChI is InChI=1S/C27H26N2O6.C15H13NO3.C12H13NO3/c30-26(29-24(19-35-27(29)31)15-20-7-3-1-4-8-20)16-23(17-28(32)33)22-11-13-25(14-12-22)34-18-21-9-5-2-6-10-21;17-16(18)11-10-13-6-8-15(9-7-13)19-12-14-4-2-1-3-5-14;1-9(14)13-11(8-16-12(13)15)7-10-5-3-2-4-6-10/h1-14,23-24H,15-19H2;1-11H,12H2;2-6,11H,7-8H2,1H3/b;11-10+;/t23-,24+;;11-/m1.0/s1. The van der Waals surface area contributed by atoms with E-state index in [9.17, 15) is 39.4 Å². The lowest BCUT2D eigenvalue weighted by molar-refractivity contribution is -0.483. The summed E-state index contributed by atoms with van der Waals surface area (Å²) < 4.78 is 21.4. The molecule has 0 bridgehead atoms. The zero-order valence-electron chi connectivity index (χ0n) is 38.4. The van der Waals surface area contributed by atoms with Crippen molar-refractivity contribution in [2.45, 2.75) is 57.4 Å². The molecule has 2 heterocycles. The Morgan fingerprint density at radius 3 is 1.46 bits per heavy atom. The molecular formula is C54H52N4O12. The summed E-state index contributed by atoms with van der Waals surface area (Å²) in [5.74, 6) is -0.0727. The van der Waals surface area contributed by atoms with Gasteiger partial charge >= 0.3 is 12.2 Å². The number of cyclic esters (lactones) is 2. The molecule has 16 nitrogen and oxygen atoms in total. The van der Waals surface area contributed by atoms with E-state index in [-0.39, 0.29) is 31.6 Å². The summed E-state index contributed by atoms with van der Waals surface area (Å²) in [6.45, 7) is 2.24. The van der Waals surface area contributed by atoms with Crippen LogP contribution in [0.5, 0.6) is 11.5 Å². The maximum Gasteiger partial charge on any atom is 0.416 e. The molecule has 6 aromatic rings. The minimum absolute atomic E-state index is 0.104. The molecule has 0 aromatic heterocycles. The van der Waals surface area contributed by atoms with Gasteiger partial charge in [0.25, 0.3) is 0 Å². The molecule has 3 atom stereocenters. The summed E-state index contributed by atoms with van der Waals surface area (Å²) in [4.78, 5) is 70.9. The van der Waals surface area contributed by atoms with Gasteiger partial charge < -0.3 is 18.9 Å². The minimum atomic E-state index is -0.708. The quantitative estimate of drug-likeness (QED) is 0.0621. The van der Waals surface area contributed by atoms with Gasteiger partial charge in [0.1, 0.15) is 37.9 Å². The topological polar surface area (TPSA) is 198 Å². The Bertz CT molecular complexity index is 2670. The third-order valence-electron chi connectivity index (χ3n) is 11.1. The highest BCUT2D eigenvalue weighted by Crippen LogP contribution is 2.27. The number of amides is 4. The van der Waals surface area contributed by atoms with E-state index in [4.69, 9.17) is 18.9 Å². The predicted molar refractivity (Wildman–Crippen MR) is 260 cm³/mol. The minimum Gasteiger partial charge on any atom is -0.489 e. The van der Waals surface area contributed by atoms with Crippen LogP contribution in [0.1, 0.15) is 52.6 Å². The molecule has 70 heavy (non-hydrogen) atoms. The van der Waals surface area contributed by atoms with E-state index in [0.717, 1.165) is 44.7 Å². The number of nitrogens with zero attached hydrogens (tertiary/aromatic N) is 4. The third kappa shape index (κ3) is 16.0. The van der Waals surface area contributed by atoms with Gasteiger partial charge in [-0.1, -0.05) is 146 Å². The fourth-order valence-electron chi connectivity index (χ4n) is 7.60. The Morgan fingerprint density at radius 1 is 0.614 bits per heavy atom. The van der Waals surface area contributed by atoms with E-state index >= 15 is 0 Å². The predicted octanol–water partition coefficient (Wildman–Crippen LogP) is 9.72. The Labute approximate surface area is 405 Å². The third-order valence-corrected chi connectivity index (χ3v) is 11.1. The zero-order chi connectivity index (χ0) is 49.7. The molecule has 16 heteroatoms. The van der Waals surface area contributed by atoms with Gasteiger partial charge in [0.15, 0.2) is 0 Å². The van der Waals surface area contributed by atoms with Crippen LogP contribution in [-0.4, -0.2) is 75.5 Å². The molecule has 2 aliphatic rings. The van der Waals surface area contributed by atoms with Crippen molar-refractivity contribution in [2.75, 3.05) is 19.8 Å². The molecule has 8 rings (SSSR count). The average Bonchev–Trinajstić information content (AvgIpc) is 3.93. The van der Waals surface area contributed by atoms with E-state index in [1.54, 1.807) is 48.5 Å². The van der Waals surface area contributed by atoms with Gasteiger partial charge in [0.2, 0.25) is 24.6 Å². The van der Waals surface area contributed by atoms with E-state index in [1.807, 2.05) is 121 Å². The lowest BCUT2D eigenvalue weighted by Gasteiger charge is -2.22. The van der Waals surface area contributed by atoms with Crippen molar-refractivity contribution in [1.82, 2.24) is 9.80 Å². The highest BCUT2D eigenvalue weighted by atomic mass is 16.6. The first-order chi connectivity index (χ1) is 33.9. The van der Waals surface area contributed by atoms with Crippen LogP contribution in [0.25, 0.3) is 6.08 Å².